The van der Waals surface area contributed by atoms with E-state index >= 15 is 0 Å². The van der Waals surface area contributed by atoms with E-state index in [4.69, 9.17) is 4.42 Å². The molecule has 1 aromatic heterocycles. The van der Waals surface area contributed by atoms with Gasteiger partial charge in [0.1, 0.15) is 5.58 Å². The number of carbonyl (C=O) groups is 2. The molecule has 0 aliphatic heterocycles. The Kier molecular flexibility index (Phi) is 5.00. The van der Waals surface area contributed by atoms with Crippen molar-refractivity contribution in [1.82, 2.24) is 5.32 Å². The summed E-state index contributed by atoms with van der Waals surface area (Å²) in [4.78, 5) is 24.7. The van der Waals surface area contributed by atoms with Crippen molar-refractivity contribution in [2.24, 2.45) is 0 Å². The first-order valence-electron chi connectivity index (χ1n) is 7.57. The lowest BCUT2D eigenvalue weighted by Gasteiger charge is -2.09. The molecule has 0 spiro atoms. The first kappa shape index (κ1) is 17.0. The highest BCUT2D eigenvalue weighted by Crippen LogP contribution is 2.27. The van der Waals surface area contributed by atoms with Crippen molar-refractivity contribution in [3.05, 3.63) is 77.0 Å². The van der Waals surface area contributed by atoms with E-state index < -0.39 is 5.91 Å². The second-order valence-corrected chi connectivity index (χ2v) is 6.12. The Labute approximate surface area is 152 Å². The fourth-order valence-electron chi connectivity index (χ4n) is 2.37. The second kappa shape index (κ2) is 7.36. The third kappa shape index (κ3) is 3.64. The van der Waals surface area contributed by atoms with E-state index in [9.17, 15) is 9.59 Å². The largest absolute Gasteiger partial charge is 0.450 e. The van der Waals surface area contributed by atoms with Crippen LogP contribution in [0.5, 0.6) is 0 Å². The summed E-state index contributed by atoms with van der Waals surface area (Å²) in [5.41, 5.74) is 1.38. The van der Waals surface area contributed by atoms with Crippen LogP contribution < -0.4 is 10.6 Å². The van der Waals surface area contributed by atoms with Crippen LogP contribution in [0.1, 0.15) is 20.9 Å². The van der Waals surface area contributed by atoms with Gasteiger partial charge in [0.2, 0.25) is 0 Å². The summed E-state index contributed by atoms with van der Waals surface area (Å²) in [6.45, 7) is 3.91. The van der Waals surface area contributed by atoms with Gasteiger partial charge < -0.3 is 15.1 Å². The molecule has 0 atom stereocenters. The maximum Gasteiger partial charge on any atom is 0.291 e. The Morgan fingerprint density at radius 1 is 1.12 bits per heavy atom. The summed E-state index contributed by atoms with van der Waals surface area (Å²) in [5.74, 6) is -0.543. The zero-order valence-electron chi connectivity index (χ0n) is 13.2. The lowest BCUT2D eigenvalue weighted by molar-refractivity contribution is 0.0959. The molecule has 5 nitrogen and oxygen atoms in total. The Morgan fingerprint density at radius 2 is 1.92 bits per heavy atom. The van der Waals surface area contributed by atoms with Crippen LogP contribution in [0.4, 0.5) is 5.69 Å². The predicted molar refractivity (Wildman–Crippen MR) is 101 cm³/mol. The van der Waals surface area contributed by atoms with Crippen molar-refractivity contribution in [2.45, 2.75) is 0 Å². The van der Waals surface area contributed by atoms with E-state index in [0.29, 0.717) is 23.4 Å². The number of hydrogen-bond acceptors (Lipinski definition) is 3. The highest BCUT2D eigenvalue weighted by Gasteiger charge is 2.17. The van der Waals surface area contributed by atoms with Crippen molar-refractivity contribution in [3.8, 4) is 0 Å². The maximum absolute atomic E-state index is 12.5. The Morgan fingerprint density at radius 3 is 2.68 bits per heavy atom. The maximum atomic E-state index is 12.5. The van der Waals surface area contributed by atoms with E-state index in [1.54, 1.807) is 36.4 Å². The van der Waals surface area contributed by atoms with Gasteiger partial charge >= 0.3 is 0 Å². The number of hydrogen-bond donors (Lipinski definition) is 2. The molecule has 0 aliphatic carbocycles. The van der Waals surface area contributed by atoms with E-state index in [-0.39, 0.29) is 11.7 Å². The Bertz CT molecular complexity index is 962. The topological polar surface area (TPSA) is 71.3 Å². The van der Waals surface area contributed by atoms with Crippen molar-refractivity contribution >= 4 is 44.4 Å². The number of fused-ring (bicyclic) bond motifs is 1. The summed E-state index contributed by atoms with van der Waals surface area (Å²) in [6.07, 6.45) is 1.59. The summed E-state index contributed by atoms with van der Waals surface area (Å²) < 4.78 is 6.40. The molecule has 2 aromatic carbocycles. The van der Waals surface area contributed by atoms with Gasteiger partial charge in [0, 0.05) is 11.9 Å². The fourth-order valence-corrected chi connectivity index (χ4v) is 2.84. The quantitative estimate of drug-likeness (QED) is 0.627. The van der Waals surface area contributed by atoms with Gasteiger partial charge in [0.05, 0.1) is 15.7 Å². The summed E-state index contributed by atoms with van der Waals surface area (Å²) >= 11 is 3.39. The van der Waals surface area contributed by atoms with Gasteiger partial charge in [0.25, 0.3) is 11.8 Å². The van der Waals surface area contributed by atoms with Crippen LogP contribution in [0.2, 0.25) is 0 Å². The molecule has 0 unspecified atom stereocenters. The average molecular weight is 399 g/mol. The highest BCUT2D eigenvalue weighted by atomic mass is 79.9. The first-order chi connectivity index (χ1) is 12.1. The van der Waals surface area contributed by atoms with E-state index in [1.165, 1.54) is 0 Å². The normalized spacial score (nSPS) is 10.4. The van der Waals surface area contributed by atoms with Crippen LogP contribution in [0.15, 0.2) is 70.1 Å². The molecular formula is C19H15BrN2O3. The average Bonchev–Trinajstić information content (AvgIpc) is 3.06. The van der Waals surface area contributed by atoms with E-state index in [2.05, 4.69) is 33.1 Å². The van der Waals surface area contributed by atoms with Crippen molar-refractivity contribution < 1.29 is 14.0 Å². The first-order valence-corrected chi connectivity index (χ1v) is 8.37. The predicted octanol–water partition coefficient (Wildman–Crippen LogP) is 4.36. The molecule has 0 saturated heterocycles. The van der Waals surface area contributed by atoms with Crippen molar-refractivity contribution in [3.63, 3.8) is 0 Å². The lowest BCUT2D eigenvalue weighted by atomic mass is 10.1. The summed E-state index contributed by atoms with van der Waals surface area (Å²) in [5, 5.41) is 6.24. The monoisotopic (exact) mass is 398 g/mol. The highest BCUT2D eigenvalue weighted by molar-refractivity contribution is 9.10. The van der Waals surface area contributed by atoms with Crippen molar-refractivity contribution in [1.29, 1.82) is 0 Å². The van der Waals surface area contributed by atoms with Crippen LogP contribution >= 0.6 is 15.9 Å². The van der Waals surface area contributed by atoms with Crippen molar-refractivity contribution in [2.75, 3.05) is 11.9 Å². The molecular weight excluding hydrogens is 384 g/mol. The standard InChI is InChI=1S/C19H15BrN2O3/c1-2-10-21-18(23)13-7-3-4-9-15(13)22-19(24)16-11-12-6-5-8-14(20)17(12)25-16/h2-9,11H,1,10H2,(H,21,23)(H,22,24). The molecule has 3 aromatic rings. The van der Waals surface area contributed by atoms with Gasteiger partial charge in [-0.15, -0.1) is 6.58 Å². The molecule has 0 aliphatic rings. The number of furan rings is 1. The number of benzene rings is 2. The summed E-state index contributed by atoms with van der Waals surface area (Å²) in [6, 6.07) is 14.0. The van der Waals surface area contributed by atoms with Gasteiger partial charge in [-0.2, -0.15) is 0 Å². The number of carbonyl (C=O) groups excluding carboxylic acids is 2. The molecule has 126 valence electrons. The molecule has 0 radical (unpaired) electrons. The number of amides is 2. The molecule has 0 saturated carbocycles. The number of nitrogens with one attached hydrogen (secondary N) is 2. The van der Waals surface area contributed by atoms with Crippen LogP contribution in [0.3, 0.4) is 0 Å². The minimum Gasteiger partial charge on any atom is -0.450 e. The van der Waals surface area contributed by atoms with Crippen LogP contribution in [-0.4, -0.2) is 18.4 Å². The van der Waals surface area contributed by atoms with E-state index in [1.807, 2.05) is 18.2 Å². The molecule has 0 fully saturated rings. The van der Waals surface area contributed by atoms with Gasteiger partial charge in [0.15, 0.2) is 5.76 Å². The zero-order chi connectivity index (χ0) is 17.8. The molecule has 2 amide bonds. The van der Waals surface area contributed by atoms with Gasteiger partial charge in [-0.25, -0.2) is 0 Å². The molecule has 0 bridgehead atoms. The Hall–Kier alpha value is -2.86. The van der Waals surface area contributed by atoms with Gasteiger partial charge in [-0.3, -0.25) is 9.59 Å². The smallest absolute Gasteiger partial charge is 0.291 e. The van der Waals surface area contributed by atoms with Crippen LogP contribution in [-0.2, 0) is 0 Å². The second-order valence-electron chi connectivity index (χ2n) is 5.27. The Balaban J connectivity index is 1.86. The summed E-state index contributed by atoms with van der Waals surface area (Å²) in [7, 11) is 0. The molecule has 1 heterocycles. The number of rotatable bonds is 5. The fraction of sp³-hybridized carbons (Fsp3) is 0.0526. The van der Waals surface area contributed by atoms with Crippen LogP contribution in [0.25, 0.3) is 11.0 Å². The zero-order valence-corrected chi connectivity index (χ0v) is 14.8. The third-order valence-corrected chi connectivity index (χ3v) is 4.17. The molecule has 25 heavy (non-hydrogen) atoms. The third-order valence-electron chi connectivity index (χ3n) is 3.55. The number of anilines is 1. The van der Waals surface area contributed by atoms with Crippen LogP contribution in [0, 0.1) is 0 Å². The SMILES string of the molecule is C=CCNC(=O)c1ccccc1NC(=O)c1cc2cccc(Br)c2o1. The number of halogens is 1. The van der Waals surface area contributed by atoms with Gasteiger partial charge in [-0.05, 0) is 40.2 Å². The lowest BCUT2D eigenvalue weighted by Crippen LogP contribution is -2.25. The minimum absolute atomic E-state index is 0.170. The molecule has 3 rings (SSSR count). The molecule has 2 N–H and O–H groups in total. The number of para-hydroxylation sites is 2. The minimum atomic E-state index is -0.424. The van der Waals surface area contributed by atoms with Gasteiger partial charge in [-0.1, -0.05) is 30.3 Å². The van der Waals surface area contributed by atoms with E-state index in [0.717, 1.165) is 9.86 Å². The molecule has 6 heteroatoms.